The zero-order valence-corrected chi connectivity index (χ0v) is 18.6. The molecule has 1 saturated heterocycles. The highest BCUT2D eigenvalue weighted by atomic mass is 35.5. The molecule has 2 aromatic rings. The number of benzene rings is 2. The highest BCUT2D eigenvalue weighted by molar-refractivity contribution is 7.99. The molecule has 2 aromatic carbocycles. The molecular formula is C21H22ClNO5S2. The van der Waals surface area contributed by atoms with Crippen molar-refractivity contribution in [3.8, 4) is 0 Å². The zero-order chi connectivity index (χ0) is 21.6. The molecule has 1 aliphatic rings. The monoisotopic (exact) mass is 467 g/mol. The molecule has 0 spiro atoms. The van der Waals surface area contributed by atoms with Crippen LogP contribution < -0.4 is 0 Å². The van der Waals surface area contributed by atoms with Crippen LogP contribution in [0.4, 0.5) is 0 Å². The molecule has 30 heavy (non-hydrogen) atoms. The Hall–Kier alpha value is -1.87. The molecule has 0 aliphatic carbocycles. The van der Waals surface area contributed by atoms with E-state index in [1.54, 1.807) is 6.07 Å². The first-order valence-electron chi connectivity index (χ1n) is 9.54. The van der Waals surface area contributed by atoms with Gasteiger partial charge in [-0.25, -0.2) is 8.42 Å². The first kappa shape index (κ1) is 22.8. The lowest BCUT2D eigenvalue weighted by molar-refractivity contribution is -0.141. The summed E-state index contributed by atoms with van der Waals surface area (Å²) in [6.45, 7) is 0.662. The van der Waals surface area contributed by atoms with Crippen molar-refractivity contribution < 1.29 is 22.7 Å². The van der Waals surface area contributed by atoms with Crippen LogP contribution in [0.25, 0.3) is 0 Å². The second-order valence-electron chi connectivity index (χ2n) is 6.75. The summed E-state index contributed by atoms with van der Waals surface area (Å²) >= 11 is 7.51. The quantitative estimate of drug-likeness (QED) is 0.314. The first-order valence-corrected chi connectivity index (χ1v) is 12.3. The van der Waals surface area contributed by atoms with Gasteiger partial charge in [0.05, 0.1) is 16.3 Å². The van der Waals surface area contributed by atoms with Crippen LogP contribution in [0.5, 0.6) is 0 Å². The number of carbonyl (C=O) groups is 2. The summed E-state index contributed by atoms with van der Waals surface area (Å²) in [4.78, 5) is 25.2. The van der Waals surface area contributed by atoms with Gasteiger partial charge >= 0.3 is 5.97 Å². The molecule has 3 rings (SSSR count). The second kappa shape index (κ2) is 10.4. The number of esters is 1. The van der Waals surface area contributed by atoms with Crippen molar-refractivity contribution in [2.75, 3.05) is 25.4 Å². The Morgan fingerprint density at radius 1 is 1.03 bits per heavy atom. The number of sulfonamides is 1. The highest BCUT2D eigenvalue weighted by Crippen LogP contribution is 2.27. The molecule has 9 heteroatoms. The van der Waals surface area contributed by atoms with Gasteiger partial charge in [-0.05, 0) is 49.2 Å². The van der Waals surface area contributed by atoms with Gasteiger partial charge in [0.1, 0.15) is 0 Å². The minimum Gasteiger partial charge on any atom is -0.457 e. The Morgan fingerprint density at radius 2 is 1.70 bits per heavy atom. The molecule has 1 fully saturated rings. The average Bonchev–Trinajstić information content (AvgIpc) is 3.29. The standard InChI is InChI=1S/C21H22ClNO5S2/c22-18-5-1-2-6-20(18)29-14-11-21(25)28-15-19(24)16-7-9-17(10-8-16)30(26,27)23-12-3-4-13-23/h1-2,5-10H,3-4,11-15H2. The molecular weight excluding hydrogens is 446 g/mol. The fourth-order valence-electron chi connectivity index (χ4n) is 3.00. The number of halogens is 1. The lowest BCUT2D eigenvalue weighted by atomic mass is 10.1. The predicted molar refractivity (Wildman–Crippen MR) is 117 cm³/mol. The van der Waals surface area contributed by atoms with Gasteiger partial charge in [0, 0.05) is 29.3 Å². The molecule has 160 valence electrons. The fraction of sp³-hybridized carbons (Fsp3) is 0.333. The first-order chi connectivity index (χ1) is 14.4. The molecule has 0 saturated carbocycles. The smallest absolute Gasteiger partial charge is 0.307 e. The Morgan fingerprint density at radius 3 is 2.37 bits per heavy atom. The third kappa shape index (κ3) is 5.85. The molecule has 1 aliphatic heterocycles. The van der Waals surface area contributed by atoms with Crippen LogP contribution in [0, 0.1) is 0 Å². The van der Waals surface area contributed by atoms with E-state index in [2.05, 4.69) is 0 Å². The van der Waals surface area contributed by atoms with Gasteiger partial charge in [-0.1, -0.05) is 23.7 Å². The van der Waals surface area contributed by atoms with E-state index in [4.69, 9.17) is 16.3 Å². The Balaban J connectivity index is 1.46. The van der Waals surface area contributed by atoms with Gasteiger partial charge in [-0.2, -0.15) is 4.31 Å². The molecule has 1 heterocycles. The third-order valence-electron chi connectivity index (χ3n) is 4.64. The molecule has 6 nitrogen and oxygen atoms in total. The van der Waals surface area contributed by atoms with Crippen molar-refractivity contribution in [2.24, 2.45) is 0 Å². The van der Waals surface area contributed by atoms with Crippen molar-refractivity contribution in [1.29, 1.82) is 0 Å². The van der Waals surface area contributed by atoms with E-state index in [1.807, 2.05) is 18.2 Å². The van der Waals surface area contributed by atoms with Gasteiger partial charge in [0.2, 0.25) is 10.0 Å². The molecule has 0 aromatic heterocycles. The Labute approximate surface area is 185 Å². The van der Waals surface area contributed by atoms with E-state index in [-0.39, 0.29) is 23.7 Å². The predicted octanol–water partition coefficient (Wildman–Crippen LogP) is 4.03. The average molecular weight is 468 g/mol. The van der Waals surface area contributed by atoms with Crippen LogP contribution in [0.3, 0.4) is 0 Å². The Kier molecular flexibility index (Phi) is 7.93. The summed E-state index contributed by atoms with van der Waals surface area (Å²) < 4.78 is 31.5. The topological polar surface area (TPSA) is 80.8 Å². The lowest BCUT2D eigenvalue weighted by Gasteiger charge is -2.15. The number of carbonyl (C=O) groups excluding carboxylic acids is 2. The highest BCUT2D eigenvalue weighted by Gasteiger charge is 2.27. The molecule has 0 atom stereocenters. The lowest BCUT2D eigenvalue weighted by Crippen LogP contribution is -2.27. The molecule has 0 radical (unpaired) electrons. The second-order valence-corrected chi connectivity index (χ2v) is 10.2. The van der Waals surface area contributed by atoms with Crippen LogP contribution in [-0.2, 0) is 19.6 Å². The van der Waals surface area contributed by atoms with Crippen molar-refractivity contribution >= 4 is 45.1 Å². The SMILES string of the molecule is O=C(CCSc1ccccc1Cl)OCC(=O)c1ccc(S(=O)(=O)N2CCCC2)cc1. The fourth-order valence-corrected chi connectivity index (χ4v) is 5.68. The number of rotatable bonds is 9. The minimum absolute atomic E-state index is 0.149. The largest absolute Gasteiger partial charge is 0.457 e. The maximum Gasteiger partial charge on any atom is 0.307 e. The number of nitrogens with zero attached hydrogens (tertiary/aromatic N) is 1. The number of hydrogen-bond donors (Lipinski definition) is 0. The van der Waals surface area contributed by atoms with Crippen LogP contribution in [-0.4, -0.2) is 49.9 Å². The van der Waals surface area contributed by atoms with Crippen molar-refractivity contribution in [3.63, 3.8) is 0 Å². The Bertz CT molecular complexity index is 1000. The number of hydrogen-bond acceptors (Lipinski definition) is 6. The normalized spacial score (nSPS) is 14.6. The minimum atomic E-state index is -3.52. The van der Waals surface area contributed by atoms with Gasteiger partial charge in [0.25, 0.3) is 0 Å². The number of Topliss-reactive ketones (excluding diaryl/α,β-unsaturated/α-hetero) is 1. The third-order valence-corrected chi connectivity index (χ3v) is 8.07. The van der Waals surface area contributed by atoms with Gasteiger partial charge in [-0.3, -0.25) is 9.59 Å². The van der Waals surface area contributed by atoms with E-state index >= 15 is 0 Å². The molecule has 0 unspecified atom stereocenters. The van der Waals surface area contributed by atoms with Crippen LogP contribution in [0.15, 0.2) is 58.3 Å². The van der Waals surface area contributed by atoms with E-state index in [1.165, 1.54) is 40.3 Å². The summed E-state index contributed by atoms with van der Waals surface area (Å²) in [7, 11) is -3.52. The van der Waals surface area contributed by atoms with Crippen molar-refractivity contribution in [3.05, 3.63) is 59.1 Å². The van der Waals surface area contributed by atoms with Gasteiger partial charge in [0.15, 0.2) is 12.4 Å². The van der Waals surface area contributed by atoms with Crippen LogP contribution >= 0.6 is 23.4 Å². The summed E-state index contributed by atoms with van der Waals surface area (Å²) in [5.74, 6) is -0.372. The van der Waals surface area contributed by atoms with Crippen LogP contribution in [0.2, 0.25) is 5.02 Å². The summed E-state index contributed by atoms with van der Waals surface area (Å²) in [6, 6.07) is 13.1. The van der Waals surface area contributed by atoms with Crippen LogP contribution in [0.1, 0.15) is 29.6 Å². The van der Waals surface area contributed by atoms with E-state index < -0.39 is 16.0 Å². The van der Waals surface area contributed by atoms with Gasteiger partial charge < -0.3 is 4.74 Å². The van der Waals surface area contributed by atoms with E-state index in [0.29, 0.717) is 29.4 Å². The maximum absolute atomic E-state index is 12.5. The zero-order valence-electron chi connectivity index (χ0n) is 16.3. The summed E-state index contributed by atoms with van der Waals surface area (Å²) in [5, 5.41) is 0.626. The summed E-state index contributed by atoms with van der Waals surface area (Å²) in [5.41, 5.74) is 0.300. The van der Waals surface area contributed by atoms with Crippen molar-refractivity contribution in [2.45, 2.75) is 29.1 Å². The van der Waals surface area contributed by atoms with Crippen molar-refractivity contribution in [1.82, 2.24) is 4.31 Å². The number of ether oxygens (including phenoxy) is 1. The molecule has 0 N–H and O–H groups in total. The summed E-state index contributed by atoms with van der Waals surface area (Å²) in [6.07, 6.45) is 1.87. The number of thioether (sulfide) groups is 1. The maximum atomic E-state index is 12.5. The van der Waals surface area contributed by atoms with E-state index in [0.717, 1.165) is 17.7 Å². The molecule has 0 bridgehead atoms. The molecule has 0 amide bonds. The van der Waals surface area contributed by atoms with E-state index in [9.17, 15) is 18.0 Å². The number of ketones is 1. The van der Waals surface area contributed by atoms with Gasteiger partial charge in [-0.15, -0.1) is 11.8 Å².